The summed E-state index contributed by atoms with van der Waals surface area (Å²) in [7, 11) is 1.51. The maximum atomic E-state index is 12.9. The average Bonchev–Trinajstić information content (AvgIpc) is 3.15. The second-order valence-electron chi connectivity index (χ2n) is 4.50. The number of nitrogens with zero attached hydrogens (tertiary/aromatic N) is 2. The van der Waals surface area contributed by atoms with Crippen molar-refractivity contribution in [3.8, 4) is 22.9 Å². The van der Waals surface area contributed by atoms with E-state index in [0.717, 1.165) is 6.07 Å². The largest absolute Gasteiger partial charge is 0.497 e. The van der Waals surface area contributed by atoms with Crippen LogP contribution in [-0.2, 0) is 6.18 Å². The number of rotatable bonds is 3. The first-order valence-corrected chi connectivity index (χ1v) is 6.34. The van der Waals surface area contributed by atoms with E-state index in [1.807, 2.05) is 0 Å². The van der Waals surface area contributed by atoms with Crippen LogP contribution in [0.4, 0.5) is 13.2 Å². The van der Waals surface area contributed by atoms with Crippen LogP contribution in [-0.4, -0.2) is 16.9 Å². The van der Waals surface area contributed by atoms with Gasteiger partial charge in [-0.3, -0.25) is 0 Å². The van der Waals surface area contributed by atoms with Gasteiger partial charge in [-0.2, -0.15) is 18.3 Å². The molecule has 0 aliphatic heterocycles. The summed E-state index contributed by atoms with van der Waals surface area (Å²) >= 11 is 0. The number of methoxy groups -OCH3 is 1. The first kappa shape index (κ1) is 14.2. The van der Waals surface area contributed by atoms with E-state index in [-0.39, 0.29) is 5.69 Å². The third-order valence-corrected chi connectivity index (χ3v) is 3.09. The van der Waals surface area contributed by atoms with Crippen LogP contribution in [0, 0.1) is 0 Å². The van der Waals surface area contributed by atoms with Crippen molar-refractivity contribution < 1.29 is 22.3 Å². The van der Waals surface area contributed by atoms with Gasteiger partial charge in [0.05, 0.1) is 19.1 Å². The van der Waals surface area contributed by atoms with Crippen molar-refractivity contribution in [2.75, 3.05) is 7.11 Å². The molecule has 1 aromatic carbocycles. The minimum Gasteiger partial charge on any atom is -0.497 e. The summed E-state index contributed by atoms with van der Waals surface area (Å²) in [5.41, 5.74) is -0.278. The molecule has 0 saturated carbocycles. The Balaban J connectivity index is 2.14. The first-order valence-electron chi connectivity index (χ1n) is 6.34. The minimum absolute atomic E-state index is 0.225. The van der Waals surface area contributed by atoms with Gasteiger partial charge in [0.15, 0.2) is 11.5 Å². The fraction of sp³-hybridized carbons (Fsp3) is 0.133. The standard InChI is InChI=1S/C15H11F3N2O2/c1-21-11-6-4-10(5-7-11)20-12(13-3-2-8-22-13)9-14(19-20)15(16,17)18/h2-9H,1H3/i1-1. The van der Waals surface area contributed by atoms with E-state index in [1.165, 1.54) is 18.1 Å². The highest BCUT2D eigenvalue weighted by Crippen LogP contribution is 2.33. The van der Waals surface area contributed by atoms with E-state index in [9.17, 15) is 13.2 Å². The van der Waals surface area contributed by atoms with E-state index in [4.69, 9.17) is 9.15 Å². The van der Waals surface area contributed by atoms with E-state index >= 15 is 0 Å². The number of furan rings is 1. The van der Waals surface area contributed by atoms with Crippen LogP contribution in [0.3, 0.4) is 0 Å². The Labute approximate surface area is 123 Å². The summed E-state index contributed by atoms with van der Waals surface area (Å²) in [5, 5.41) is 3.65. The number of ether oxygens (including phenoxy) is 1. The maximum absolute atomic E-state index is 12.9. The molecule has 0 amide bonds. The monoisotopic (exact) mass is 307 g/mol. The quantitative estimate of drug-likeness (QED) is 0.729. The molecule has 7 heteroatoms. The van der Waals surface area contributed by atoms with Gasteiger partial charge in [0.1, 0.15) is 11.4 Å². The normalized spacial score (nSPS) is 11.6. The molecule has 2 aromatic heterocycles. The van der Waals surface area contributed by atoms with Gasteiger partial charge in [-0.05, 0) is 36.4 Å². The van der Waals surface area contributed by atoms with Gasteiger partial charge in [-0.15, -0.1) is 0 Å². The van der Waals surface area contributed by atoms with Gasteiger partial charge in [0.25, 0.3) is 0 Å². The Bertz CT molecular complexity index is 759. The molecule has 0 fully saturated rings. The molecule has 2 heterocycles. The van der Waals surface area contributed by atoms with Gasteiger partial charge < -0.3 is 9.15 Å². The van der Waals surface area contributed by atoms with Crippen LogP contribution in [0.2, 0.25) is 0 Å². The zero-order valence-corrected chi connectivity index (χ0v) is 11.5. The highest BCUT2D eigenvalue weighted by molar-refractivity contribution is 5.57. The molecule has 22 heavy (non-hydrogen) atoms. The molecule has 0 unspecified atom stereocenters. The number of aromatic nitrogens is 2. The van der Waals surface area contributed by atoms with E-state index in [1.54, 1.807) is 36.4 Å². The van der Waals surface area contributed by atoms with Crippen molar-refractivity contribution in [1.29, 1.82) is 0 Å². The second kappa shape index (κ2) is 5.25. The van der Waals surface area contributed by atoms with Crippen molar-refractivity contribution >= 4 is 0 Å². The molecule has 0 bridgehead atoms. The molecule has 4 nitrogen and oxygen atoms in total. The zero-order valence-electron chi connectivity index (χ0n) is 11.5. The summed E-state index contributed by atoms with van der Waals surface area (Å²) in [5.74, 6) is 0.908. The fourth-order valence-corrected chi connectivity index (χ4v) is 2.04. The highest BCUT2D eigenvalue weighted by Gasteiger charge is 2.35. The lowest BCUT2D eigenvalue weighted by Crippen LogP contribution is -2.07. The van der Waals surface area contributed by atoms with E-state index in [0.29, 0.717) is 17.2 Å². The van der Waals surface area contributed by atoms with Crippen molar-refractivity contribution in [3.05, 3.63) is 54.4 Å². The SMILES string of the molecule is [11CH3]Oc1ccc(-n2nc(C(F)(F)F)cc2-c2ccco2)cc1. The third kappa shape index (κ3) is 2.57. The number of hydrogen-bond donors (Lipinski definition) is 0. The molecule has 0 N–H and O–H groups in total. The molecule has 0 aliphatic carbocycles. The Hall–Kier alpha value is -2.70. The average molecular weight is 307 g/mol. The maximum Gasteiger partial charge on any atom is 0.435 e. The summed E-state index contributed by atoms with van der Waals surface area (Å²) in [6.07, 6.45) is -3.13. The smallest absolute Gasteiger partial charge is 0.435 e. The lowest BCUT2D eigenvalue weighted by Gasteiger charge is -2.07. The molecular formula is C15H11F3N2O2. The van der Waals surface area contributed by atoms with Crippen molar-refractivity contribution in [1.82, 2.24) is 9.78 Å². The van der Waals surface area contributed by atoms with Crippen molar-refractivity contribution in [2.24, 2.45) is 0 Å². The van der Waals surface area contributed by atoms with E-state index in [2.05, 4.69) is 5.10 Å². The molecule has 0 saturated heterocycles. The highest BCUT2D eigenvalue weighted by atomic mass is 19.4. The van der Waals surface area contributed by atoms with Crippen LogP contribution in [0.5, 0.6) is 5.75 Å². The zero-order chi connectivity index (χ0) is 15.7. The Kier molecular flexibility index (Phi) is 3.40. The molecule has 3 rings (SSSR count). The summed E-state index contributed by atoms with van der Waals surface area (Å²) in [6, 6.07) is 10.7. The molecule has 0 spiro atoms. The summed E-state index contributed by atoms with van der Waals surface area (Å²) in [6.45, 7) is 0. The van der Waals surface area contributed by atoms with Crippen LogP contribution in [0.1, 0.15) is 5.69 Å². The van der Waals surface area contributed by atoms with Crippen LogP contribution in [0.15, 0.2) is 53.1 Å². The number of halogens is 3. The van der Waals surface area contributed by atoms with Gasteiger partial charge in [-0.25, -0.2) is 4.68 Å². The fourth-order valence-electron chi connectivity index (χ4n) is 2.04. The number of hydrogen-bond acceptors (Lipinski definition) is 3. The Morgan fingerprint density at radius 3 is 2.41 bits per heavy atom. The molecular weight excluding hydrogens is 296 g/mol. The third-order valence-electron chi connectivity index (χ3n) is 3.09. The number of benzene rings is 1. The number of alkyl halides is 3. The van der Waals surface area contributed by atoms with Gasteiger partial charge >= 0.3 is 6.18 Å². The van der Waals surface area contributed by atoms with Crippen LogP contribution >= 0.6 is 0 Å². The lowest BCUT2D eigenvalue weighted by molar-refractivity contribution is -0.141. The van der Waals surface area contributed by atoms with Crippen molar-refractivity contribution in [2.45, 2.75) is 6.18 Å². The predicted octanol–water partition coefficient (Wildman–Crippen LogP) is 4.16. The molecule has 0 aliphatic rings. The van der Waals surface area contributed by atoms with Gasteiger partial charge in [-0.1, -0.05) is 0 Å². The molecule has 114 valence electrons. The summed E-state index contributed by atoms with van der Waals surface area (Å²) < 4.78 is 50.2. The topological polar surface area (TPSA) is 40.2 Å². The molecule has 0 radical (unpaired) electrons. The Morgan fingerprint density at radius 1 is 1.14 bits per heavy atom. The predicted molar refractivity (Wildman–Crippen MR) is 72.8 cm³/mol. The van der Waals surface area contributed by atoms with Crippen LogP contribution in [0.25, 0.3) is 17.1 Å². The van der Waals surface area contributed by atoms with E-state index < -0.39 is 11.9 Å². The second-order valence-corrected chi connectivity index (χ2v) is 4.50. The van der Waals surface area contributed by atoms with Gasteiger partial charge in [0.2, 0.25) is 0 Å². The lowest BCUT2D eigenvalue weighted by atomic mass is 10.2. The molecule has 0 atom stereocenters. The molecule has 3 aromatic rings. The Morgan fingerprint density at radius 2 is 1.86 bits per heavy atom. The minimum atomic E-state index is -4.53. The van der Waals surface area contributed by atoms with Crippen molar-refractivity contribution in [3.63, 3.8) is 0 Å². The summed E-state index contributed by atoms with van der Waals surface area (Å²) in [4.78, 5) is 0. The van der Waals surface area contributed by atoms with Gasteiger partial charge in [0, 0.05) is 6.07 Å². The first-order chi connectivity index (χ1) is 10.5. The van der Waals surface area contributed by atoms with Crippen LogP contribution < -0.4 is 4.74 Å².